The highest BCUT2D eigenvalue weighted by Gasteiger charge is 2.43. The molecule has 2 amide bonds. The average molecular weight is 319 g/mol. The third-order valence-corrected chi connectivity index (χ3v) is 3.91. The minimum Gasteiger partial charge on any atom is -0.455 e. The lowest BCUT2D eigenvalue weighted by Gasteiger charge is -2.16. The van der Waals surface area contributed by atoms with E-state index in [1.54, 1.807) is 13.0 Å². The number of nitrogens with zero attached hydrogens (tertiary/aromatic N) is 1. The number of rotatable bonds is 1. The van der Waals surface area contributed by atoms with Gasteiger partial charge in [0.15, 0.2) is 0 Å². The highest BCUT2D eigenvalue weighted by atomic mass is 19.4. The molecular formula is C16H8F3NO3. The average Bonchev–Trinajstić information content (AvgIpc) is 3.10. The molecule has 1 aromatic carbocycles. The number of benzene rings is 2. The number of carbonyl (C=O) groups excluding carboxylic acids is 2. The Bertz CT molecular complexity index is 971. The van der Waals surface area contributed by atoms with Crippen molar-refractivity contribution in [3.05, 3.63) is 52.6 Å². The monoisotopic (exact) mass is 319 g/mol. The summed E-state index contributed by atoms with van der Waals surface area (Å²) in [4.78, 5) is 25.8. The molecule has 0 radical (unpaired) electrons. The summed E-state index contributed by atoms with van der Waals surface area (Å²) >= 11 is 0. The Labute approximate surface area is 127 Å². The maximum absolute atomic E-state index is 12.8. The first-order valence-electron chi connectivity index (χ1n) is 6.70. The Morgan fingerprint density at radius 3 is 2.43 bits per heavy atom. The molecule has 0 saturated carbocycles. The van der Waals surface area contributed by atoms with Gasteiger partial charge in [0, 0.05) is 0 Å². The molecule has 0 unspecified atom stereocenters. The van der Waals surface area contributed by atoms with Gasteiger partial charge in [-0.25, -0.2) is 4.90 Å². The van der Waals surface area contributed by atoms with Crippen LogP contribution in [-0.2, 0) is 6.18 Å². The topological polar surface area (TPSA) is 50.5 Å². The number of aryl methyl sites for hydroxylation is 1. The Hall–Kier alpha value is -2.83. The van der Waals surface area contributed by atoms with E-state index in [0.717, 1.165) is 23.1 Å². The molecule has 23 heavy (non-hydrogen) atoms. The molecule has 0 aliphatic carbocycles. The smallest absolute Gasteiger partial charge is 0.416 e. The first kappa shape index (κ1) is 13.8. The second-order valence-electron chi connectivity index (χ2n) is 5.37. The van der Waals surface area contributed by atoms with E-state index < -0.39 is 23.6 Å². The van der Waals surface area contributed by atoms with Crippen LogP contribution in [0.3, 0.4) is 0 Å². The largest absolute Gasteiger partial charge is 0.455 e. The van der Waals surface area contributed by atoms with Gasteiger partial charge in [0.2, 0.25) is 0 Å². The predicted octanol–water partition coefficient (Wildman–Crippen LogP) is 4.00. The fourth-order valence-electron chi connectivity index (χ4n) is 2.88. The number of carbonyl (C=O) groups is 2. The summed E-state index contributed by atoms with van der Waals surface area (Å²) in [6, 6.07) is 5.77. The highest BCUT2D eigenvalue weighted by Crippen LogP contribution is 2.40. The van der Waals surface area contributed by atoms with Gasteiger partial charge in [0.05, 0.1) is 22.4 Å². The van der Waals surface area contributed by atoms with Crippen LogP contribution in [0, 0.1) is 6.92 Å². The minimum absolute atomic E-state index is 0.109. The van der Waals surface area contributed by atoms with Crippen molar-refractivity contribution in [1.29, 1.82) is 0 Å². The summed E-state index contributed by atoms with van der Waals surface area (Å²) < 4.78 is 43.9. The van der Waals surface area contributed by atoms with Gasteiger partial charge < -0.3 is 4.42 Å². The van der Waals surface area contributed by atoms with E-state index in [1.165, 1.54) is 6.07 Å². The Balaban J connectivity index is 1.85. The van der Waals surface area contributed by atoms with Gasteiger partial charge in [0.25, 0.3) is 11.8 Å². The molecular weight excluding hydrogens is 311 g/mol. The molecule has 4 nitrogen and oxygen atoms in total. The van der Waals surface area contributed by atoms with Crippen molar-refractivity contribution in [1.82, 2.24) is 0 Å². The van der Waals surface area contributed by atoms with E-state index in [-0.39, 0.29) is 22.4 Å². The van der Waals surface area contributed by atoms with Crippen LogP contribution in [0.4, 0.5) is 18.9 Å². The molecule has 3 aromatic rings. The lowest BCUT2D eigenvalue weighted by molar-refractivity contribution is -0.137. The molecule has 3 heterocycles. The molecule has 0 fully saturated rings. The van der Waals surface area contributed by atoms with E-state index >= 15 is 0 Å². The molecule has 4 rings (SSSR count). The van der Waals surface area contributed by atoms with Crippen molar-refractivity contribution in [3.8, 4) is 0 Å². The second kappa shape index (κ2) is 4.13. The lowest BCUT2D eigenvalue weighted by Crippen LogP contribution is -2.29. The van der Waals surface area contributed by atoms with Gasteiger partial charge in [-0.1, -0.05) is 6.07 Å². The molecule has 0 spiro atoms. The van der Waals surface area contributed by atoms with E-state index in [1.807, 2.05) is 0 Å². The van der Waals surface area contributed by atoms with Gasteiger partial charge >= 0.3 is 6.18 Å². The summed E-state index contributed by atoms with van der Waals surface area (Å²) in [5.74, 6) is -1.33. The maximum Gasteiger partial charge on any atom is 0.416 e. The second-order valence-corrected chi connectivity index (χ2v) is 5.37. The van der Waals surface area contributed by atoms with Crippen LogP contribution < -0.4 is 4.90 Å². The van der Waals surface area contributed by atoms with Gasteiger partial charge in [-0.3, -0.25) is 9.59 Å². The van der Waals surface area contributed by atoms with Crippen LogP contribution in [0.25, 0.3) is 11.2 Å². The SMILES string of the molecule is Cc1cc2oc1c1c2C(=O)N(c2cccc(C(F)(F)F)c2)C1=O. The number of fused-ring (bicyclic) bond motifs is 5. The number of hydrogen-bond acceptors (Lipinski definition) is 3. The molecule has 2 aromatic heterocycles. The van der Waals surface area contributed by atoms with Gasteiger partial charge in [0.1, 0.15) is 11.2 Å². The van der Waals surface area contributed by atoms with Gasteiger partial charge in [-0.2, -0.15) is 13.2 Å². The number of amides is 2. The van der Waals surface area contributed by atoms with Crippen molar-refractivity contribution in [2.45, 2.75) is 13.1 Å². The zero-order valence-corrected chi connectivity index (χ0v) is 11.7. The van der Waals surface area contributed by atoms with E-state index in [9.17, 15) is 22.8 Å². The molecule has 0 saturated heterocycles. The fraction of sp³-hybridized carbons (Fsp3) is 0.125. The first-order chi connectivity index (χ1) is 10.8. The number of anilines is 1. The van der Waals surface area contributed by atoms with Crippen LogP contribution in [0.5, 0.6) is 0 Å². The number of hydrogen-bond donors (Lipinski definition) is 0. The summed E-state index contributed by atoms with van der Waals surface area (Å²) in [6.45, 7) is 1.73. The standard InChI is InChI=1S/C16H8F3NO3/c1-7-5-10-11-12(13(7)23-10)15(22)20(14(11)21)9-4-2-3-8(6-9)16(17,18)19/h2-6H,1H3. The van der Waals surface area contributed by atoms with E-state index in [2.05, 4.69) is 0 Å². The van der Waals surface area contributed by atoms with E-state index in [4.69, 9.17) is 4.42 Å². The van der Waals surface area contributed by atoms with E-state index in [0.29, 0.717) is 11.1 Å². The van der Waals surface area contributed by atoms with Crippen LogP contribution >= 0.6 is 0 Å². The number of imide groups is 1. The van der Waals surface area contributed by atoms with Crippen molar-refractivity contribution in [2.24, 2.45) is 0 Å². The van der Waals surface area contributed by atoms with Crippen molar-refractivity contribution in [3.63, 3.8) is 0 Å². The summed E-state index contributed by atoms with van der Waals surface area (Å²) in [5, 5.41) is 0. The molecule has 0 N–H and O–H groups in total. The van der Waals surface area contributed by atoms with Crippen LogP contribution in [0.15, 0.2) is 34.7 Å². The molecule has 1 aliphatic heterocycles. The normalized spacial score (nSPS) is 15.0. The van der Waals surface area contributed by atoms with Gasteiger partial charge in [-0.15, -0.1) is 0 Å². The Morgan fingerprint density at radius 1 is 1.04 bits per heavy atom. The van der Waals surface area contributed by atoms with Crippen molar-refractivity contribution in [2.75, 3.05) is 4.90 Å². The van der Waals surface area contributed by atoms with Crippen molar-refractivity contribution < 1.29 is 27.2 Å². The zero-order valence-electron chi connectivity index (χ0n) is 11.7. The molecule has 7 heteroatoms. The van der Waals surface area contributed by atoms with Crippen LogP contribution in [0.2, 0.25) is 0 Å². The van der Waals surface area contributed by atoms with Gasteiger partial charge in [-0.05, 0) is 36.8 Å². The third kappa shape index (κ3) is 1.73. The highest BCUT2D eigenvalue weighted by molar-refractivity contribution is 6.39. The lowest BCUT2D eigenvalue weighted by atomic mass is 10.1. The maximum atomic E-state index is 12.8. The van der Waals surface area contributed by atoms with Crippen LogP contribution in [-0.4, -0.2) is 11.8 Å². The number of alkyl halides is 3. The summed E-state index contributed by atoms with van der Waals surface area (Å²) in [5.41, 5.74) is 0.517. The Morgan fingerprint density at radius 2 is 1.74 bits per heavy atom. The fourth-order valence-corrected chi connectivity index (χ4v) is 2.88. The molecule has 116 valence electrons. The molecule has 2 bridgehead atoms. The number of furan rings is 2. The Kier molecular flexibility index (Phi) is 2.48. The molecule has 1 aliphatic rings. The third-order valence-electron chi connectivity index (χ3n) is 3.91. The minimum atomic E-state index is -4.55. The zero-order chi connectivity index (χ0) is 16.5. The molecule has 0 atom stereocenters. The summed E-state index contributed by atoms with van der Waals surface area (Å²) in [6.07, 6.45) is -4.55. The first-order valence-corrected chi connectivity index (χ1v) is 6.70. The van der Waals surface area contributed by atoms with Crippen molar-refractivity contribution >= 4 is 28.7 Å². The predicted molar refractivity (Wildman–Crippen MR) is 74.7 cm³/mol. The number of halogens is 3. The summed E-state index contributed by atoms with van der Waals surface area (Å²) in [7, 11) is 0. The van der Waals surface area contributed by atoms with Crippen LogP contribution in [0.1, 0.15) is 31.8 Å². The quantitative estimate of drug-likeness (QED) is 0.637.